The number of para-hydroxylation sites is 2. The van der Waals surface area contributed by atoms with E-state index in [4.69, 9.17) is 9.97 Å². The molecular weight excluding hydrogens is 705 g/mol. The Morgan fingerprint density at radius 1 is 0.276 bits per heavy atom. The van der Waals surface area contributed by atoms with E-state index in [2.05, 4.69) is 215 Å². The summed E-state index contributed by atoms with van der Waals surface area (Å²) in [5, 5.41) is 7.25. The highest BCUT2D eigenvalue weighted by atomic mass is 15.2. The first-order chi connectivity index (χ1) is 28.7. The van der Waals surface area contributed by atoms with Crippen molar-refractivity contribution in [1.29, 1.82) is 0 Å². The molecule has 0 saturated heterocycles. The summed E-state index contributed by atoms with van der Waals surface area (Å²) in [6.45, 7) is 0. The van der Waals surface area contributed by atoms with Gasteiger partial charge in [0.25, 0.3) is 0 Å². The van der Waals surface area contributed by atoms with Crippen LogP contribution in [0.3, 0.4) is 0 Å². The minimum atomic E-state index is 0.636. The first kappa shape index (κ1) is 32.4. The molecule has 0 amide bonds. The second kappa shape index (κ2) is 12.9. The highest BCUT2D eigenvalue weighted by Gasteiger charge is 2.20. The monoisotopic (exact) mass is 738 g/mol. The van der Waals surface area contributed by atoms with E-state index in [1.807, 2.05) is 0 Å². The fourth-order valence-electron chi connectivity index (χ4n) is 8.94. The molecule has 4 heteroatoms. The quantitative estimate of drug-likeness (QED) is 0.165. The minimum Gasteiger partial charge on any atom is -0.309 e. The Bertz CT molecular complexity index is 3420. The van der Waals surface area contributed by atoms with E-state index >= 15 is 0 Å². The predicted molar refractivity (Wildman–Crippen MR) is 242 cm³/mol. The maximum Gasteiger partial charge on any atom is 0.235 e. The van der Waals surface area contributed by atoms with Crippen LogP contribution in [0, 0.1) is 0 Å². The summed E-state index contributed by atoms with van der Waals surface area (Å²) in [5.74, 6) is 0.636. The van der Waals surface area contributed by atoms with Crippen molar-refractivity contribution in [3.63, 3.8) is 0 Å². The summed E-state index contributed by atoms with van der Waals surface area (Å²) < 4.78 is 4.69. The Balaban J connectivity index is 1.10. The van der Waals surface area contributed by atoms with E-state index in [0.717, 1.165) is 44.3 Å². The lowest BCUT2D eigenvalue weighted by molar-refractivity contribution is 0.996. The summed E-state index contributed by atoms with van der Waals surface area (Å²) in [5.41, 5.74) is 14.2. The van der Waals surface area contributed by atoms with Crippen LogP contribution < -0.4 is 0 Å². The van der Waals surface area contributed by atoms with Gasteiger partial charge in [-0.1, -0.05) is 170 Å². The fraction of sp³-hybridized carbons (Fsp3) is 0. The number of benzene rings is 8. The molecule has 0 unspecified atom stereocenters. The highest BCUT2D eigenvalue weighted by molar-refractivity contribution is 6.18. The van der Waals surface area contributed by atoms with E-state index in [1.54, 1.807) is 0 Å². The molecule has 0 aliphatic carbocycles. The van der Waals surface area contributed by atoms with E-state index in [9.17, 15) is 0 Å². The topological polar surface area (TPSA) is 35.1 Å². The largest absolute Gasteiger partial charge is 0.309 e. The van der Waals surface area contributed by atoms with Crippen LogP contribution in [0.4, 0.5) is 0 Å². The number of pyridine rings is 1. The number of aromatic nitrogens is 4. The van der Waals surface area contributed by atoms with Crippen molar-refractivity contribution >= 4 is 59.9 Å². The molecular formula is C54H34N4. The fourth-order valence-corrected chi connectivity index (χ4v) is 8.94. The van der Waals surface area contributed by atoms with Gasteiger partial charge in [0.05, 0.1) is 39.0 Å². The molecule has 0 fully saturated rings. The van der Waals surface area contributed by atoms with E-state index in [-0.39, 0.29) is 0 Å². The van der Waals surface area contributed by atoms with Crippen LogP contribution in [-0.4, -0.2) is 18.9 Å². The summed E-state index contributed by atoms with van der Waals surface area (Å²) in [6.07, 6.45) is 0. The number of hydrogen-bond donors (Lipinski definition) is 0. The van der Waals surface area contributed by atoms with Gasteiger partial charge in [0.1, 0.15) is 0 Å². The molecule has 12 aromatic rings. The second-order valence-electron chi connectivity index (χ2n) is 15.0. The average Bonchev–Trinajstić information content (AvgIpc) is 3.84. The van der Waals surface area contributed by atoms with Crippen molar-refractivity contribution in [3.8, 4) is 50.7 Å². The van der Waals surface area contributed by atoms with Crippen molar-refractivity contribution in [2.45, 2.75) is 0 Å². The zero-order valence-electron chi connectivity index (χ0n) is 31.4. The van der Waals surface area contributed by atoms with Crippen LogP contribution in [0.25, 0.3) is 111 Å². The number of hydrogen-bond acceptors (Lipinski definition) is 2. The third-order valence-electron chi connectivity index (χ3n) is 11.7. The SMILES string of the molecule is c1ccc(-c2ccc(-c3cc(-c4ccc(-c5ccccc5)cc4)nc(-n4c5ccccc5c5cc6c(cc54)cc4c5ccccc5c5ccccc5n64)n3)cc2)cc1. The van der Waals surface area contributed by atoms with Crippen molar-refractivity contribution < 1.29 is 0 Å². The lowest BCUT2D eigenvalue weighted by Crippen LogP contribution is -2.04. The lowest BCUT2D eigenvalue weighted by atomic mass is 10.0. The van der Waals surface area contributed by atoms with Crippen molar-refractivity contribution in [2.75, 3.05) is 0 Å². The van der Waals surface area contributed by atoms with Gasteiger partial charge in [0.2, 0.25) is 5.95 Å². The zero-order chi connectivity index (χ0) is 38.2. The molecule has 0 aliphatic heterocycles. The lowest BCUT2D eigenvalue weighted by Gasteiger charge is -2.13. The molecule has 8 aromatic carbocycles. The van der Waals surface area contributed by atoms with Crippen LogP contribution in [0.5, 0.6) is 0 Å². The molecule has 0 spiro atoms. The van der Waals surface area contributed by atoms with Gasteiger partial charge < -0.3 is 4.40 Å². The van der Waals surface area contributed by atoms with Gasteiger partial charge in [-0.05, 0) is 64.0 Å². The molecule has 0 aliphatic rings. The van der Waals surface area contributed by atoms with Gasteiger partial charge in [-0.25, -0.2) is 9.97 Å². The Labute approximate surface area is 334 Å². The third kappa shape index (κ3) is 5.09. The molecule has 0 N–H and O–H groups in total. The van der Waals surface area contributed by atoms with Crippen molar-refractivity contribution in [3.05, 3.63) is 206 Å². The van der Waals surface area contributed by atoms with Crippen LogP contribution in [0.2, 0.25) is 0 Å². The van der Waals surface area contributed by atoms with Gasteiger partial charge in [0, 0.05) is 38.1 Å². The maximum absolute atomic E-state index is 5.39. The van der Waals surface area contributed by atoms with Gasteiger partial charge in [-0.2, -0.15) is 0 Å². The smallest absolute Gasteiger partial charge is 0.235 e. The molecule has 0 radical (unpaired) electrons. The maximum atomic E-state index is 5.39. The van der Waals surface area contributed by atoms with Crippen molar-refractivity contribution in [1.82, 2.24) is 18.9 Å². The van der Waals surface area contributed by atoms with E-state index in [1.165, 1.54) is 60.3 Å². The molecule has 270 valence electrons. The molecule has 4 nitrogen and oxygen atoms in total. The summed E-state index contributed by atoms with van der Waals surface area (Å²) in [7, 11) is 0. The predicted octanol–water partition coefficient (Wildman–Crippen LogP) is 14.0. The molecule has 0 bridgehead atoms. The summed E-state index contributed by atoms with van der Waals surface area (Å²) in [6, 6.07) is 73.7. The van der Waals surface area contributed by atoms with Crippen LogP contribution in [0.1, 0.15) is 0 Å². The minimum absolute atomic E-state index is 0.636. The van der Waals surface area contributed by atoms with Crippen LogP contribution in [0.15, 0.2) is 206 Å². The summed E-state index contributed by atoms with van der Waals surface area (Å²) >= 11 is 0. The number of fused-ring (bicyclic) bond motifs is 11. The Hall–Kier alpha value is -7.82. The number of nitrogens with zero attached hydrogens (tertiary/aromatic N) is 4. The highest BCUT2D eigenvalue weighted by Crippen LogP contribution is 2.39. The Morgan fingerprint density at radius 2 is 0.707 bits per heavy atom. The standard InChI is InChI=1S/C54H34N4/c1-3-13-35(14-4-1)37-23-27-39(28-24-37)47-34-48(40-29-25-38(26-30-40)36-15-5-2-6-16-36)56-54(55-47)58-50-22-12-10-20-45(50)46-33-51-41(32-53(46)58)31-52-44-19-8-7-17-42(44)43-18-9-11-21-49(43)57(51)52/h1-34H. The molecule has 0 saturated carbocycles. The van der Waals surface area contributed by atoms with Crippen LogP contribution >= 0.6 is 0 Å². The Morgan fingerprint density at radius 3 is 1.29 bits per heavy atom. The molecule has 0 atom stereocenters. The van der Waals surface area contributed by atoms with Gasteiger partial charge in [-0.3, -0.25) is 4.57 Å². The normalized spacial score (nSPS) is 11.8. The van der Waals surface area contributed by atoms with Crippen LogP contribution in [-0.2, 0) is 0 Å². The first-order valence-corrected chi connectivity index (χ1v) is 19.7. The Kier molecular flexibility index (Phi) is 7.20. The third-order valence-corrected chi connectivity index (χ3v) is 11.7. The summed E-state index contributed by atoms with van der Waals surface area (Å²) in [4.78, 5) is 10.8. The van der Waals surface area contributed by atoms with Gasteiger partial charge in [-0.15, -0.1) is 0 Å². The second-order valence-corrected chi connectivity index (χ2v) is 15.0. The zero-order valence-corrected chi connectivity index (χ0v) is 31.4. The van der Waals surface area contributed by atoms with Crippen molar-refractivity contribution in [2.24, 2.45) is 0 Å². The molecule has 4 heterocycles. The van der Waals surface area contributed by atoms with Gasteiger partial charge >= 0.3 is 0 Å². The first-order valence-electron chi connectivity index (χ1n) is 19.7. The van der Waals surface area contributed by atoms with E-state index < -0.39 is 0 Å². The molecule has 58 heavy (non-hydrogen) atoms. The molecule has 4 aromatic heterocycles. The number of rotatable bonds is 5. The average molecular weight is 739 g/mol. The van der Waals surface area contributed by atoms with Gasteiger partial charge in [0.15, 0.2) is 0 Å². The molecule has 12 rings (SSSR count). The van der Waals surface area contributed by atoms with E-state index in [0.29, 0.717) is 5.95 Å².